The van der Waals surface area contributed by atoms with Gasteiger partial charge < -0.3 is 14.6 Å². The van der Waals surface area contributed by atoms with Crippen molar-refractivity contribution in [3.05, 3.63) is 65.6 Å². The van der Waals surface area contributed by atoms with Crippen molar-refractivity contribution in [2.24, 2.45) is 5.92 Å². The largest absolute Gasteiger partial charge is 0.465 e. The van der Waals surface area contributed by atoms with Gasteiger partial charge in [0.1, 0.15) is 5.76 Å². The van der Waals surface area contributed by atoms with E-state index in [-0.39, 0.29) is 18.2 Å². The summed E-state index contributed by atoms with van der Waals surface area (Å²) < 4.78 is 42.9. The van der Waals surface area contributed by atoms with Crippen molar-refractivity contribution >= 4 is 17.9 Å². The van der Waals surface area contributed by atoms with Gasteiger partial charge in [0.25, 0.3) is 0 Å². The third kappa shape index (κ3) is 7.01. The molecule has 0 saturated carbocycles. The van der Waals surface area contributed by atoms with Crippen molar-refractivity contribution in [1.82, 2.24) is 10.2 Å². The fourth-order valence-corrected chi connectivity index (χ4v) is 3.47. The van der Waals surface area contributed by atoms with Crippen LogP contribution in [-0.2, 0) is 22.2 Å². The lowest BCUT2D eigenvalue weighted by molar-refractivity contribution is -0.137. The number of likely N-dealkylation sites (tertiary alicyclic amines) is 1. The van der Waals surface area contributed by atoms with Gasteiger partial charge in [0, 0.05) is 32.1 Å². The van der Waals surface area contributed by atoms with E-state index in [1.54, 1.807) is 29.4 Å². The van der Waals surface area contributed by atoms with E-state index in [2.05, 4.69) is 5.32 Å². The summed E-state index contributed by atoms with van der Waals surface area (Å²) >= 11 is 0. The zero-order chi connectivity index (χ0) is 22.3. The summed E-state index contributed by atoms with van der Waals surface area (Å²) in [6.45, 7) is 1.80. The van der Waals surface area contributed by atoms with Gasteiger partial charge in [-0.15, -0.1) is 0 Å². The predicted molar refractivity (Wildman–Crippen MR) is 110 cm³/mol. The van der Waals surface area contributed by atoms with Crippen molar-refractivity contribution in [2.45, 2.75) is 31.9 Å². The molecule has 1 aromatic heterocycles. The van der Waals surface area contributed by atoms with Crippen molar-refractivity contribution < 1.29 is 27.2 Å². The minimum atomic E-state index is -4.36. The van der Waals surface area contributed by atoms with Gasteiger partial charge in [0.15, 0.2) is 0 Å². The third-order valence-corrected chi connectivity index (χ3v) is 5.37. The second kappa shape index (κ2) is 10.3. The Hall–Kier alpha value is -3.03. The molecule has 166 valence electrons. The molecule has 2 aromatic rings. The fourth-order valence-electron chi connectivity index (χ4n) is 3.47. The van der Waals surface area contributed by atoms with E-state index in [0.717, 1.165) is 25.0 Å². The van der Waals surface area contributed by atoms with Crippen LogP contribution >= 0.6 is 0 Å². The Bertz CT molecular complexity index is 882. The van der Waals surface area contributed by atoms with E-state index >= 15 is 0 Å². The predicted octanol–water partition coefficient (Wildman–Crippen LogP) is 4.30. The minimum Gasteiger partial charge on any atom is -0.465 e. The number of hydrogen-bond donors (Lipinski definition) is 1. The maximum atomic E-state index is 12.6. The van der Waals surface area contributed by atoms with Crippen LogP contribution in [-0.4, -0.2) is 36.3 Å². The number of halogens is 3. The summed E-state index contributed by atoms with van der Waals surface area (Å²) in [5.41, 5.74) is -0.000412. The van der Waals surface area contributed by atoms with E-state index in [1.165, 1.54) is 18.2 Å². The highest BCUT2D eigenvalue weighted by molar-refractivity contribution is 5.91. The Morgan fingerprint density at radius 3 is 2.45 bits per heavy atom. The van der Waals surface area contributed by atoms with E-state index in [4.69, 9.17) is 4.42 Å². The van der Waals surface area contributed by atoms with Crippen molar-refractivity contribution in [1.29, 1.82) is 0 Å². The first-order valence-electron chi connectivity index (χ1n) is 10.2. The minimum absolute atomic E-state index is 0.0598. The third-order valence-electron chi connectivity index (χ3n) is 5.37. The second-order valence-corrected chi connectivity index (χ2v) is 7.62. The zero-order valence-corrected chi connectivity index (χ0v) is 17.0. The lowest BCUT2D eigenvalue weighted by Crippen LogP contribution is -2.41. The average Bonchev–Trinajstić information content (AvgIpc) is 3.28. The Morgan fingerprint density at radius 2 is 1.84 bits per heavy atom. The SMILES string of the molecule is O=C(CCc1ccc(C(F)(F)F)cc1)NCC1CCN(C(=O)/C=C/c2ccco2)CC1. The highest BCUT2D eigenvalue weighted by atomic mass is 19.4. The number of piperidine rings is 1. The molecular formula is C23H25F3N2O3. The van der Waals surface area contributed by atoms with Crippen LogP contribution in [0.2, 0.25) is 0 Å². The molecule has 8 heteroatoms. The molecule has 0 aliphatic carbocycles. The standard InChI is InChI=1S/C23H25F3N2O3/c24-23(25,26)19-6-3-17(4-7-19)5-9-21(29)27-16-18-11-13-28(14-12-18)22(30)10-8-20-2-1-15-31-20/h1-4,6-8,10,15,18H,5,9,11-14,16H2,(H,27,29)/b10-8+. The molecule has 31 heavy (non-hydrogen) atoms. The van der Waals surface area contributed by atoms with Gasteiger partial charge in [0.05, 0.1) is 11.8 Å². The normalized spacial score (nSPS) is 15.4. The van der Waals surface area contributed by atoms with Crippen LogP contribution in [0.15, 0.2) is 53.2 Å². The molecule has 0 atom stereocenters. The monoisotopic (exact) mass is 434 g/mol. The highest BCUT2D eigenvalue weighted by Crippen LogP contribution is 2.29. The molecule has 3 rings (SSSR count). The van der Waals surface area contributed by atoms with E-state index < -0.39 is 11.7 Å². The maximum Gasteiger partial charge on any atom is 0.416 e. The first-order chi connectivity index (χ1) is 14.8. The van der Waals surface area contributed by atoms with Gasteiger partial charge in [-0.2, -0.15) is 13.2 Å². The number of nitrogens with one attached hydrogen (secondary N) is 1. The number of benzene rings is 1. The van der Waals surface area contributed by atoms with Gasteiger partial charge in [-0.3, -0.25) is 9.59 Å². The topological polar surface area (TPSA) is 62.6 Å². The number of carbonyl (C=O) groups excluding carboxylic acids is 2. The molecule has 1 saturated heterocycles. The first-order valence-corrected chi connectivity index (χ1v) is 10.2. The van der Waals surface area contributed by atoms with Crippen LogP contribution < -0.4 is 5.32 Å². The lowest BCUT2D eigenvalue weighted by atomic mass is 9.96. The van der Waals surface area contributed by atoms with Gasteiger partial charge >= 0.3 is 6.18 Å². The smallest absolute Gasteiger partial charge is 0.416 e. The summed E-state index contributed by atoms with van der Waals surface area (Å²) in [6.07, 6.45) is 2.56. The summed E-state index contributed by atoms with van der Waals surface area (Å²) in [7, 11) is 0. The number of carbonyl (C=O) groups is 2. The highest BCUT2D eigenvalue weighted by Gasteiger charge is 2.30. The number of amides is 2. The lowest BCUT2D eigenvalue weighted by Gasteiger charge is -2.31. The molecule has 5 nitrogen and oxygen atoms in total. The Morgan fingerprint density at radius 1 is 1.13 bits per heavy atom. The molecule has 0 radical (unpaired) electrons. The molecule has 1 fully saturated rings. The average molecular weight is 434 g/mol. The second-order valence-electron chi connectivity index (χ2n) is 7.62. The molecule has 1 aliphatic rings. The van der Waals surface area contributed by atoms with Gasteiger partial charge in [-0.05, 0) is 61.1 Å². The van der Waals surface area contributed by atoms with Crippen LogP contribution in [0.5, 0.6) is 0 Å². The Balaban J connectivity index is 1.33. The van der Waals surface area contributed by atoms with Gasteiger partial charge in [0.2, 0.25) is 11.8 Å². The van der Waals surface area contributed by atoms with E-state index in [0.29, 0.717) is 43.3 Å². The number of nitrogens with zero attached hydrogens (tertiary/aromatic N) is 1. The Kier molecular flexibility index (Phi) is 7.55. The number of aryl methyl sites for hydroxylation is 1. The van der Waals surface area contributed by atoms with E-state index in [9.17, 15) is 22.8 Å². The summed E-state index contributed by atoms with van der Waals surface area (Å²) in [6, 6.07) is 8.41. The van der Waals surface area contributed by atoms with Crippen LogP contribution in [0.3, 0.4) is 0 Å². The molecule has 1 N–H and O–H groups in total. The molecule has 0 unspecified atom stereocenters. The van der Waals surface area contributed by atoms with Crippen molar-refractivity contribution in [3.8, 4) is 0 Å². The summed E-state index contributed by atoms with van der Waals surface area (Å²) in [5.74, 6) is 0.741. The molecule has 0 spiro atoms. The molecule has 1 aliphatic heterocycles. The van der Waals surface area contributed by atoms with Crippen molar-refractivity contribution in [3.63, 3.8) is 0 Å². The van der Waals surface area contributed by atoms with Crippen LogP contribution in [0.25, 0.3) is 6.08 Å². The number of hydrogen-bond acceptors (Lipinski definition) is 3. The molecule has 1 aromatic carbocycles. The fraction of sp³-hybridized carbons (Fsp3) is 0.391. The summed E-state index contributed by atoms with van der Waals surface area (Å²) in [5, 5.41) is 2.90. The van der Waals surface area contributed by atoms with Crippen molar-refractivity contribution in [2.75, 3.05) is 19.6 Å². The zero-order valence-electron chi connectivity index (χ0n) is 17.0. The number of furan rings is 1. The van der Waals surface area contributed by atoms with Gasteiger partial charge in [-0.1, -0.05) is 12.1 Å². The molecule has 2 amide bonds. The molecule has 0 bridgehead atoms. The first kappa shape index (κ1) is 22.7. The van der Waals surface area contributed by atoms with Crippen LogP contribution in [0, 0.1) is 5.92 Å². The van der Waals surface area contributed by atoms with E-state index in [1.807, 2.05) is 0 Å². The number of rotatable bonds is 7. The Labute approximate surface area is 178 Å². The molecular weight excluding hydrogens is 409 g/mol. The van der Waals surface area contributed by atoms with Crippen LogP contribution in [0.1, 0.15) is 36.1 Å². The molecule has 2 heterocycles. The maximum absolute atomic E-state index is 12.6. The van der Waals surface area contributed by atoms with Gasteiger partial charge in [-0.25, -0.2) is 0 Å². The number of alkyl halides is 3. The van der Waals surface area contributed by atoms with Crippen LogP contribution in [0.4, 0.5) is 13.2 Å². The summed E-state index contributed by atoms with van der Waals surface area (Å²) in [4.78, 5) is 26.1. The quantitative estimate of drug-likeness (QED) is 0.661.